The van der Waals surface area contributed by atoms with Gasteiger partial charge in [0.15, 0.2) is 17.5 Å². The second-order valence-corrected chi connectivity index (χ2v) is 17.4. The van der Waals surface area contributed by atoms with Crippen molar-refractivity contribution in [2.45, 2.75) is 37.3 Å². The zero-order chi connectivity index (χ0) is 53.4. The molecule has 0 saturated carbocycles. The van der Waals surface area contributed by atoms with Gasteiger partial charge in [0, 0.05) is 33.0 Å². The molecule has 0 radical (unpaired) electrons. The van der Waals surface area contributed by atoms with E-state index in [0.29, 0.717) is 29.4 Å². The van der Waals surface area contributed by atoms with Crippen molar-refractivity contribution in [3.05, 3.63) is 203 Å². The monoisotopic (exact) mass is 1040 g/mol. The molecule has 0 bridgehead atoms. The first kappa shape index (κ1) is 50.3. The summed E-state index contributed by atoms with van der Waals surface area (Å²) < 4.78 is 219. The zero-order valence-corrected chi connectivity index (χ0v) is 37.9. The summed E-state index contributed by atoms with van der Waals surface area (Å²) in [6.07, 6.45) is -25.1. The van der Waals surface area contributed by atoms with Gasteiger partial charge in [0.1, 0.15) is 0 Å². The van der Waals surface area contributed by atoms with Gasteiger partial charge in [-0.2, -0.15) is 65.9 Å². The van der Waals surface area contributed by atoms with E-state index < -0.39 is 82.2 Å². The van der Waals surface area contributed by atoms with E-state index in [1.165, 1.54) is 65.2 Å². The SMILES string of the molecule is FC(F)(F)C1=CCC(=c2ccc3c4ccc(=C5C=CC(C(F)(F)F)=CC5C(F)(F)F)cc4n(-c4cc(-c5nc(-c6ccccc6)nc(-c6ccccc6)n5)ccc4-c4ccccc4C(F)(F)F)c3c2)C(C(F)(F)F)=C1. The summed E-state index contributed by atoms with van der Waals surface area (Å²) in [5.41, 5.74) is -6.93. The van der Waals surface area contributed by atoms with Crippen LogP contribution >= 0.6 is 0 Å². The van der Waals surface area contributed by atoms with E-state index in [1.54, 1.807) is 60.7 Å². The number of alkyl halides is 15. The van der Waals surface area contributed by atoms with Crippen molar-refractivity contribution >= 4 is 33.0 Å². The lowest BCUT2D eigenvalue weighted by Crippen LogP contribution is -2.29. The number of rotatable bonds is 5. The van der Waals surface area contributed by atoms with Gasteiger partial charge in [-0.3, -0.25) is 0 Å². The van der Waals surface area contributed by atoms with Gasteiger partial charge in [-0.05, 0) is 70.0 Å². The van der Waals surface area contributed by atoms with Gasteiger partial charge in [0.05, 0.1) is 44.9 Å². The molecule has 75 heavy (non-hydrogen) atoms. The van der Waals surface area contributed by atoms with Gasteiger partial charge in [-0.25, -0.2) is 15.0 Å². The van der Waals surface area contributed by atoms with Crippen molar-refractivity contribution in [2.24, 2.45) is 5.92 Å². The van der Waals surface area contributed by atoms with Crippen LogP contribution in [0.5, 0.6) is 0 Å². The molecule has 1 atom stereocenters. The van der Waals surface area contributed by atoms with E-state index in [0.717, 1.165) is 18.2 Å². The largest absolute Gasteiger partial charge is 0.417 e. The Hall–Kier alpha value is -8.22. The third-order valence-electron chi connectivity index (χ3n) is 12.8. The molecule has 2 aliphatic rings. The third kappa shape index (κ3) is 9.74. The van der Waals surface area contributed by atoms with Crippen molar-refractivity contribution < 1.29 is 65.9 Å². The molecular weight excluding hydrogens is 1010 g/mol. The number of halogens is 15. The van der Waals surface area contributed by atoms with Crippen LogP contribution in [0.15, 0.2) is 187 Å². The van der Waals surface area contributed by atoms with Gasteiger partial charge >= 0.3 is 30.9 Å². The van der Waals surface area contributed by atoms with Crippen LogP contribution in [0, 0.1) is 5.92 Å². The molecule has 0 amide bonds. The summed E-state index contributed by atoms with van der Waals surface area (Å²) >= 11 is 0. The fraction of sp³-hybridized carbons (Fsp3) is 0.125. The summed E-state index contributed by atoms with van der Waals surface area (Å²) in [6.45, 7) is 0. The Labute approximate surface area is 414 Å². The molecule has 6 aromatic carbocycles. The van der Waals surface area contributed by atoms with Gasteiger partial charge in [0.25, 0.3) is 0 Å². The number of nitrogens with zero attached hydrogens (tertiary/aromatic N) is 4. The molecule has 10 rings (SSSR count). The highest BCUT2D eigenvalue weighted by molar-refractivity contribution is 6.10. The Morgan fingerprint density at radius 1 is 0.453 bits per heavy atom. The molecule has 380 valence electrons. The molecule has 4 nitrogen and oxygen atoms in total. The predicted octanol–water partition coefficient (Wildman–Crippen LogP) is 15.6. The lowest BCUT2D eigenvalue weighted by Gasteiger charge is -2.24. The van der Waals surface area contributed by atoms with E-state index in [9.17, 15) is 52.7 Å². The van der Waals surface area contributed by atoms with E-state index in [2.05, 4.69) is 4.98 Å². The molecule has 0 N–H and O–H groups in total. The minimum absolute atomic E-state index is 0.0188. The highest BCUT2D eigenvalue weighted by Gasteiger charge is 2.45. The lowest BCUT2D eigenvalue weighted by molar-refractivity contribution is -0.147. The van der Waals surface area contributed by atoms with E-state index in [-0.39, 0.29) is 78.7 Å². The Morgan fingerprint density at radius 3 is 1.53 bits per heavy atom. The van der Waals surface area contributed by atoms with Gasteiger partial charge < -0.3 is 4.57 Å². The summed E-state index contributed by atoms with van der Waals surface area (Å²) in [5.74, 6) is -2.52. The summed E-state index contributed by atoms with van der Waals surface area (Å²) in [7, 11) is 0. The number of fused-ring (bicyclic) bond motifs is 3. The smallest absolute Gasteiger partial charge is 0.309 e. The lowest BCUT2D eigenvalue weighted by atomic mass is 9.88. The van der Waals surface area contributed by atoms with Crippen LogP contribution in [0.4, 0.5) is 65.9 Å². The normalized spacial score (nSPS) is 17.3. The molecule has 0 spiro atoms. The van der Waals surface area contributed by atoms with Crippen LogP contribution in [0.1, 0.15) is 12.0 Å². The quantitative estimate of drug-likeness (QED) is 0.161. The van der Waals surface area contributed by atoms with Crippen molar-refractivity contribution in [1.29, 1.82) is 0 Å². The average molecular weight is 1040 g/mol. The van der Waals surface area contributed by atoms with Crippen molar-refractivity contribution in [3.8, 4) is 51.0 Å². The molecule has 0 fully saturated rings. The number of hydrogen-bond donors (Lipinski definition) is 0. The first-order valence-corrected chi connectivity index (χ1v) is 22.4. The summed E-state index contributed by atoms with van der Waals surface area (Å²) in [4.78, 5) is 14.2. The Morgan fingerprint density at radius 2 is 0.987 bits per heavy atom. The third-order valence-corrected chi connectivity index (χ3v) is 12.8. The maximum atomic E-state index is 15.1. The zero-order valence-electron chi connectivity index (χ0n) is 37.9. The standard InChI is InChI=1S/C56H31F15N4/c57-52(58,59)35-18-23-37(44(28-35)55(66,67)68)32-15-20-41-42-21-16-33(38-24-19-36(53(60,61)62)29-45(38)56(69,70)71)26-47(42)75(46(41)25-32)48-27-34(17-22-40(48)39-13-7-8-14-43(39)54(63,64)65)51-73-49(30-9-3-1-4-10-30)72-50(74-51)31-11-5-2-6-12-31/h1-23,25-29,44H,24H2. The van der Waals surface area contributed by atoms with Gasteiger partial charge in [-0.15, -0.1) is 0 Å². The second-order valence-electron chi connectivity index (χ2n) is 17.4. The van der Waals surface area contributed by atoms with Crippen LogP contribution in [0.2, 0.25) is 0 Å². The van der Waals surface area contributed by atoms with Crippen molar-refractivity contribution in [3.63, 3.8) is 0 Å². The minimum Gasteiger partial charge on any atom is -0.309 e. The molecular formula is C56H31F15N4. The Kier molecular flexibility index (Phi) is 12.3. The fourth-order valence-corrected chi connectivity index (χ4v) is 9.32. The van der Waals surface area contributed by atoms with E-state index in [4.69, 9.17) is 9.97 Å². The van der Waals surface area contributed by atoms with Crippen LogP contribution in [-0.2, 0) is 6.18 Å². The minimum atomic E-state index is -5.33. The topological polar surface area (TPSA) is 43.6 Å². The van der Waals surface area contributed by atoms with Crippen molar-refractivity contribution in [1.82, 2.24) is 19.5 Å². The van der Waals surface area contributed by atoms with Gasteiger partial charge in [0.2, 0.25) is 0 Å². The predicted molar refractivity (Wildman–Crippen MR) is 253 cm³/mol. The van der Waals surface area contributed by atoms with Crippen LogP contribution in [0.3, 0.4) is 0 Å². The molecule has 19 heteroatoms. The Bertz CT molecular complexity index is 3700. The van der Waals surface area contributed by atoms with Crippen LogP contribution < -0.4 is 10.4 Å². The second kappa shape index (κ2) is 18.3. The molecule has 2 aliphatic carbocycles. The Balaban J connectivity index is 1.35. The van der Waals surface area contributed by atoms with Gasteiger partial charge in [-0.1, -0.05) is 133 Å². The van der Waals surface area contributed by atoms with E-state index in [1.807, 2.05) is 0 Å². The highest BCUT2D eigenvalue weighted by atomic mass is 19.4. The molecule has 8 aromatic rings. The molecule has 0 aliphatic heterocycles. The first-order valence-electron chi connectivity index (χ1n) is 22.4. The highest BCUT2D eigenvalue weighted by Crippen LogP contribution is 2.46. The van der Waals surface area contributed by atoms with Crippen LogP contribution in [0.25, 0.3) is 83.9 Å². The van der Waals surface area contributed by atoms with Crippen LogP contribution in [-0.4, -0.2) is 44.2 Å². The maximum absolute atomic E-state index is 15.1. The average Bonchev–Trinajstić information content (AvgIpc) is 3.72. The molecule has 2 heterocycles. The molecule has 0 saturated heterocycles. The summed E-state index contributed by atoms with van der Waals surface area (Å²) in [5, 5.41) is -0.240. The number of hydrogen-bond acceptors (Lipinski definition) is 3. The first-order chi connectivity index (χ1) is 35.3. The van der Waals surface area contributed by atoms with Crippen molar-refractivity contribution in [2.75, 3.05) is 0 Å². The number of aromatic nitrogens is 4. The number of allylic oxidation sites excluding steroid dienone is 8. The number of benzene rings is 6. The maximum Gasteiger partial charge on any atom is 0.417 e. The summed E-state index contributed by atoms with van der Waals surface area (Å²) in [6, 6.07) is 33.1. The molecule has 1 unspecified atom stereocenters. The fourth-order valence-electron chi connectivity index (χ4n) is 9.32. The molecule has 2 aromatic heterocycles. The van der Waals surface area contributed by atoms with E-state index >= 15 is 13.2 Å².